The van der Waals surface area contributed by atoms with Gasteiger partial charge in [-0.05, 0) is 30.4 Å². The number of benzene rings is 1. The first-order valence-corrected chi connectivity index (χ1v) is 7.94. The van der Waals surface area contributed by atoms with Crippen LogP contribution < -0.4 is 5.32 Å². The molecule has 0 amide bonds. The first-order chi connectivity index (χ1) is 10.2. The maximum atomic E-state index is 4.76. The molecular formula is C18H25N3. The summed E-state index contributed by atoms with van der Waals surface area (Å²) < 4.78 is 0. The fourth-order valence-electron chi connectivity index (χ4n) is 3.66. The summed E-state index contributed by atoms with van der Waals surface area (Å²) >= 11 is 0. The fraction of sp³-hybridized carbons (Fsp3) is 0.500. The van der Waals surface area contributed by atoms with E-state index >= 15 is 0 Å². The summed E-state index contributed by atoms with van der Waals surface area (Å²) in [5.41, 5.74) is 2.36. The lowest BCUT2D eigenvalue weighted by atomic mass is 9.91. The van der Waals surface area contributed by atoms with Crippen molar-refractivity contribution in [3.8, 4) is 0 Å². The Morgan fingerprint density at radius 3 is 2.62 bits per heavy atom. The molecule has 2 heterocycles. The number of rotatable bonds is 3. The molecule has 0 aliphatic carbocycles. The van der Waals surface area contributed by atoms with Gasteiger partial charge in [-0.25, -0.2) is 4.98 Å². The number of pyridine rings is 1. The molecule has 112 valence electrons. The van der Waals surface area contributed by atoms with E-state index in [0.29, 0.717) is 0 Å². The van der Waals surface area contributed by atoms with Crippen LogP contribution in [0.1, 0.15) is 25.8 Å². The van der Waals surface area contributed by atoms with Crippen LogP contribution in [0.5, 0.6) is 0 Å². The van der Waals surface area contributed by atoms with Crippen LogP contribution in [0.4, 0.5) is 5.82 Å². The Kier molecular flexibility index (Phi) is 4.11. The van der Waals surface area contributed by atoms with Crippen LogP contribution in [0.3, 0.4) is 0 Å². The number of likely N-dealkylation sites (tertiary alicyclic amines) is 1. The zero-order chi connectivity index (χ0) is 14.8. The maximum Gasteiger partial charge on any atom is 0.130 e. The first kappa shape index (κ1) is 14.3. The molecule has 3 rings (SSSR count). The van der Waals surface area contributed by atoms with Gasteiger partial charge in [-0.1, -0.05) is 32.0 Å². The average molecular weight is 283 g/mol. The van der Waals surface area contributed by atoms with Gasteiger partial charge in [0.2, 0.25) is 0 Å². The number of nitrogens with one attached hydrogen (secondary N) is 1. The number of aromatic nitrogens is 1. The average Bonchev–Trinajstić information content (AvgIpc) is 2.45. The van der Waals surface area contributed by atoms with Crippen LogP contribution in [0.25, 0.3) is 10.9 Å². The van der Waals surface area contributed by atoms with E-state index in [1.807, 2.05) is 13.1 Å². The van der Waals surface area contributed by atoms with Gasteiger partial charge in [-0.15, -0.1) is 0 Å². The van der Waals surface area contributed by atoms with Gasteiger partial charge in [0.25, 0.3) is 0 Å². The van der Waals surface area contributed by atoms with E-state index in [9.17, 15) is 0 Å². The summed E-state index contributed by atoms with van der Waals surface area (Å²) in [7, 11) is 1.96. The third kappa shape index (κ3) is 3.18. The third-order valence-electron chi connectivity index (χ3n) is 4.38. The van der Waals surface area contributed by atoms with Gasteiger partial charge < -0.3 is 5.32 Å². The predicted octanol–water partition coefficient (Wildman–Crippen LogP) is 3.75. The summed E-state index contributed by atoms with van der Waals surface area (Å²) in [5, 5.41) is 4.49. The summed E-state index contributed by atoms with van der Waals surface area (Å²) in [6.07, 6.45) is 1.35. The Morgan fingerprint density at radius 2 is 1.90 bits per heavy atom. The summed E-state index contributed by atoms with van der Waals surface area (Å²) in [6.45, 7) is 8.10. The molecule has 2 atom stereocenters. The lowest BCUT2D eigenvalue weighted by Crippen LogP contribution is -2.38. The molecule has 2 aromatic rings. The molecule has 2 unspecified atom stereocenters. The van der Waals surface area contributed by atoms with Crippen molar-refractivity contribution in [2.45, 2.75) is 26.8 Å². The van der Waals surface area contributed by atoms with Crippen molar-refractivity contribution in [1.29, 1.82) is 0 Å². The summed E-state index contributed by atoms with van der Waals surface area (Å²) in [6, 6.07) is 10.6. The molecule has 3 nitrogen and oxygen atoms in total. The second kappa shape index (κ2) is 6.02. The Labute approximate surface area is 127 Å². The van der Waals surface area contributed by atoms with Crippen LogP contribution in [-0.2, 0) is 6.54 Å². The fourth-order valence-corrected chi connectivity index (χ4v) is 3.66. The van der Waals surface area contributed by atoms with E-state index in [-0.39, 0.29) is 0 Å². The number of piperidine rings is 1. The highest BCUT2D eigenvalue weighted by molar-refractivity contribution is 5.81. The summed E-state index contributed by atoms with van der Waals surface area (Å²) in [4.78, 5) is 7.33. The minimum Gasteiger partial charge on any atom is -0.373 e. The molecular weight excluding hydrogens is 258 g/mol. The standard InChI is InChI=1S/C18H25N3/c1-13-8-14(2)11-21(10-13)12-16-9-15-6-4-5-7-17(15)20-18(16)19-3/h4-7,9,13-14H,8,10-12H2,1-3H3,(H,19,20). The van der Waals surface area contributed by atoms with Gasteiger partial charge in [0.05, 0.1) is 5.52 Å². The Balaban J connectivity index is 1.88. The topological polar surface area (TPSA) is 28.2 Å². The van der Waals surface area contributed by atoms with E-state index in [0.717, 1.165) is 29.7 Å². The monoisotopic (exact) mass is 283 g/mol. The highest BCUT2D eigenvalue weighted by Gasteiger charge is 2.22. The van der Waals surface area contributed by atoms with Gasteiger partial charge in [0.15, 0.2) is 0 Å². The van der Waals surface area contributed by atoms with Crippen LogP contribution in [0.15, 0.2) is 30.3 Å². The third-order valence-corrected chi connectivity index (χ3v) is 4.38. The van der Waals surface area contributed by atoms with Gasteiger partial charge in [0.1, 0.15) is 5.82 Å². The second-order valence-corrected chi connectivity index (χ2v) is 6.58. The molecule has 3 heteroatoms. The predicted molar refractivity (Wildman–Crippen MR) is 89.5 cm³/mol. The van der Waals surface area contributed by atoms with Crippen molar-refractivity contribution in [1.82, 2.24) is 9.88 Å². The first-order valence-electron chi connectivity index (χ1n) is 7.94. The van der Waals surface area contributed by atoms with E-state index in [4.69, 9.17) is 4.98 Å². The minimum absolute atomic E-state index is 0.792. The lowest BCUT2D eigenvalue weighted by molar-refractivity contribution is 0.134. The molecule has 1 aliphatic rings. The quantitative estimate of drug-likeness (QED) is 0.929. The van der Waals surface area contributed by atoms with Gasteiger partial charge in [-0.2, -0.15) is 0 Å². The van der Waals surface area contributed by atoms with Crippen molar-refractivity contribution >= 4 is 16.7 Å². The van der Waals surface area contributed by atoms with Crippen molar-refractivity contribution < 1.29 is 0 Å². The highest BCUT2D eigenvalue weighted by Crippen LogP contribution is 2.26. The van der Waals surface area contributed by atoms with Crippen molar-refractivity contribution in [3.05, 3.63) is 35.9 Å². The molecule has 0 bridgehead atoms. The Hall–Kier alpha value is -1.61. The molecule has 21 heavy (non-hydrogen) atoms. The zero-order valence-electron chi connectivity index (χ0n) is 13.3. The molecule has 1 aromatic carbocycles. The molecule has 0 radical (unpaired) electrons. The van der Waals surface area contributed by atoms with E-state index in [1.165, 1.54) is 30.5 Å². The zero-order valence-corrected chi connectivity index (χ0v) is 13.3. The smallest absolute Gasteiger partial charge is 0.130 e. The number of hydrogen-bond acceptors (Lipinski definition) is 3. The lowest BCUT2D eigenvalue weighted by Gasteiger charge is -2.35. The number of para-hydroxylation sites is 1. The van der Waals surface area contributed by atoms with Gasteiger partial charge in [0, 0.05) is 37.6 Å². The van der Waals surface area contributed by atoms with Crippen LogP contribution in [0.2, 0.25) is 0 Å². The van der Waals surface area contributed by atoms with Crippen LogP contribution in [0, 0.1) is 11.8 Å². The van der Waals surface area contributed by atoms with Gasteiger partial charge >= 0.3 is 0 Å². The molecule has 0 saturated carbocycles. The summed E-state index contributed by atoms with van der Waals surface area (Å²) in [5.74, 6) is 2.60. The number of hydrogen-bond donors (Lipinski definition) is 1. The maximum absolute atomic E-state index is 4.76. The normalized spacial score (nSPS) is 23.4. The Morgan fingerprint density at radius 1 is 1.19 bits per heavy atom. The van der Waals surface area contributed by atoms with E-state index in [2.05, 4.69) is 48.3 Å². The van der Waals surface area contributed by atoms with Gasteiger partial charge in [-0.3, -0.25) is 4.90 Å². The minimum atomic E-state index is 0.792. The largest absolute Gasteiger partial charge is 0.373 e. The SMILES string of the molecule is CNc1nc2ccccc2cc1CN1CC(C)CC(C)C1. The molecule has 1 aromatic heterocycles. The van der Waals surface area contributed by atoms with Crippen molar-refractivity contribution in [2.24, 2.45) is 11.8 Å². The van der Waals surface area contributed by atoms with Crippen molar-refractivity contribution in [3.63, 3.8) is 0 Å². The van der Waals surface area contributed by atoms with Crippen LogP contribution >= 0.6 is 0 Å². The molecule has 1 N–H and O–H groups in total. The Bertz CT molecular complexity index is 613. The number of anilines is 1. The molecule has 1 fully saturated rings. The highest BCUT2D eigenvalue weighted by atomic mass is 15.1. The number of nitrogens with zero attached hydrogens (tertiary/aromatic N) is 2. The van der Waals surface area contributed by atoms with Crippen LogP contribution in [-0.4, -0.2) is 30.0 Å². The molecule has 1 aliphatic heterocycles. The molecule has 1 saturated heterocycles. The molecule has 0 spiro atoms. The van der Waals surface area contributed by atoms with E-state index in [1.54, 1.807) is 0 Å². The second-order valence-electron chi connectivity index (χ2n) is 6.58. The number of fused-ring (bicyclic) bond motifs is 1. The van der Waals surface area contributed by atoms with E-state index < -0.39 is 0 Å². The van der Waals surface area contributed by atoms with Crippen molar-refractivity contribution in [2.75, 3.05) is 25.5 Å².